The molecule has 0 saturated carbocycles. The molecule has 0 fully saturated rings. The second-order valence-corrected chi connectivity index (χ2v) is 5.82. The lowest BCUT2D eigenvalue weighted by Crippen LogP contribution is -1.99. The lowest BCUT2D eigenvalue weighted by Gasteiger charge is -2.13. The lowest BCUT2D eigenvalue weighted by atomic mass is 9.91. The molecule has 1 N–H and O–H groups in total. The van der Waals surface area contributed by atoms with Gasteiger partial charge in [0.1, 0.15) is 0 Å². The first-order valence-corrected chi connectivity index (χ1v) is 8.12. The Morgan fingerprint density at radius 2 is 1.54 bits per heavy atom. The number of allylic oxidation sites excluding steroid dienone is 4. The number of para-hydroxylation sites is 1. The molecule has 0 bridgehead atoms. The first-order chi connectivity index (χ1) is 11.9. The van der Waals surface area contributed by atoms with Crippen LogP contribution >= 0.6 is 0 Å². The third kappa shape index (κ3) is 2.86. The molecule has 0 amide bonds. The average molecular weight is 310 g/mol. The molecule has 0 radical (unpaired) electrons. The van der Waals surface area contributed by atoms with Crippen molar-refractivity contribution in [3.8, 4) is 0 Å². The van der Waals surface area contributed by atoms with Crippen molar-refractivity contribution in [1.82, 2.24) is 0 Å². The first-order valence-electron chi connectivity index (χ1n) is 8.12. The Bertz CT molecular complexity index is 925. The van der Waals surface area contributed by atoms with Crippen molar-refractivity contribution in [2.24, 2.45) is 5.10 Å². The van der Waals surface area contributed by atoms with Crippen molar-refractivity contribution in [3.05, 3.63) is 102 Å². The van der Waals surface area contributed by atoms with Gasteiger partial charge in [0, 0.05) is 11.5 Å². The van der Waals surface area contributed by atoms with Gasteiger partial charge in [-0.2, -0.15) is 5.10 Å². The fourth-order valence-electron chi connectivity index (χ4n) is 3.07. The van der Waals surface area contributed by atoms with Crippen LogP contribution < -0.4 is 5.43 Å². The van der Waals surface area contributed by atoms with E-state index in [1.165, 1.54) is 16.3 Å². The standard InChI is InChI=1S/C22H18N2/c1-2-11-19(12-3-1)24-23-16-22-20-13-7-6-10-18(20)14-15-21(22)17-8-4-5-9-17/h1-17,24H. The van der Waals surface area contributed by atoms with Crippen LogP contribution in [0.15, 0.2) is 96.1 Å². The monoisotopic (exact) mass is 310 g/mol. The molecule has 0 atom stereocenters. The number of nitrogens with zero attached hydrogens (tertiary/aromatic N) is 1. The van der Waals surface area contributed by atoms with Gasteiger partial charge < -0.3 is 0 Å². The maximum atomic E-state index is 4.47. The number of benzene rings is 3. The highest BCUT2D eigenvalue weighted by Gasteiger charge is 2.13. The van der Waals surface area contributed by atoms with Gasteiger partial charge in [0.25, 0.3) is 0 Å². The minimum Gasteiger partial charge on any atom is -0.279 e. The van der Waals surface area contributed by atoms with E-state index in [-0.39, 0.29) is 0 Å². The van der Waals surface area contributed by atoms with Crippen LogP contribution in [0.4, 0.5) is 5.69 Å². The van der Waals surface area contributed by atoms with E-state index in [2.05, 4.69) is 71.2 Å². The number of hydrazone groups is 1. The topological polar surface area (TPSA) is 24.4 Å². The smallest absolute Gasteiger partial charge is 0.0561 e. The molecule has 2 nitrogen and oxygen atoms in total. The Hall–Kier alpha value is -3.13. The molecule has 0 aliphatic heterocycles. The van der Waals surface area contributed by atoms with Gasteiger partial charge in [-0.3, -0.25) is 5.43 Å². The van der Waals surface area contributed by atoms with Gasteiger partial charge >= 0.3 is 0 Å². The van der Waals surface area contributed by atoms with E-state index in [9.17, 15) is 0 Å². The van der Waals surface area contributed by atoms with Gasteiger partial charge in [0.15, 0.2) is 0 Å². The minimum absolute atomic E-state index is 0.313. The normalized spacial score (nSPS) is 14.0. The van der Waals surface area contributed by atoms with Crippen LogP contribution in [-0.2, 0) is 0 Å². The molecule has 0 spiro atoms. The van der Waals surface area contributed by atoms with Crippen molar-refractivity contribution >= 4 is 22.7 Å². The second-order valence-electron chi connectivity index (χ2n) is 5.82. The van der Waals surface area contributed by atoms with Gasteiger partial charge in [0.2, 0.25) is 0 Å². The van der Waals surface area contributed by atoms with E-state index in [0.29, 0.717) is 5.92 Å². The Labute approximate surface area is 141 Å². The molecule has 3 aromatic carbocycles. The zero-order chi connectivity index (χ0) is 16.2. The third-order valence-electron chi connectivity index (χ3n) is 4.27. The van der Waals surface area contributed by atoms with Crippen LogP contribution in [0.25, 0.3) is 10.8 Å². The largest absolute Gasteiger partial charge is 0.279 e. The highest BCUT2D eigenvalue weighted by molar-refractivity contribution is 6.01. The Balaban J connectivity index is 1.75. The van der Waals surface area contributed by atoms with Crippen molar-refractivity contribution in [3.63, 3.8) is 0 Å². The van der Waals surface area contributed by atoms with Crippen LogP contribution in [0.3, 0.4) is 0 Å². The summed E-state index contributed by atoms with van der Waals surface area (Å²) in [5.41, 5.74) is 6.53. The lowest BCUT2D eigenvalue weighted by molar-refractivity contribution is 1.10. The van der Waals surface area contributed by atoms with E-state index in [4.69, 9.17) is 0 Å². The molecule has 1 aliphatic rings. The number of anilines is 1. The molecule has 0 heterocycles. The molecule has 0 unspecified atom stereocenters. The van der Waals surface area contributed by atoms with Gasteiger partial charge in [0.05, 0.1) is 11.9 Å². The molecule has 116 valence electrons. The fraction of sp³-hybridized carbons (Fsp3) is 0.0455. The number of nitrogens with one attached hydrogen (secondary N) is 1. The summed E-state index contributed by atoms with van der Waals surface area (Å²) in [7, 11) is 0. The van der Waals surface area contributed by atoms with Gasteiger partial charge in [-0.25, -0.2) is 0 Å². The molecule has 0 aromatic heterocycles. The van der Waals surface area contributed by atoms with Crippen LogP contribution in [0, 0.1) is 0 Å². The number of fused-ring (bicyclic) bond motifs is 1. The Kier molecular flexibility index (Phi) is 3.95. The summed E-state index contributed by atoms with van der Waals surface area (Å²) in [6.45, 7) is 0. The van der Waals surface area contributed by atoms with E-state index in [0.717, 1.165) is 11.3 Å². The van der Waals surface area contributed by atoms with Crippen LogP contribution in [0.1, 0.15) is 17.0 Å². The van der Waals surface area contributed by atoms with Crippen molar-refractivity contribution in [2.45, 2.75) is 5.92 Å². The molecule has 2 heteroatoms. The highest BCUT2D eigenvalue weighted by atomic mass is 15.3. The van der Waals surface area contributed by atoms with Crippen LogP contribution in [0.2, 0.25) is 0 Å². The SMILES string of the molecule is C1=CC(c2ccc3ccccc3c2C=NNc2ccccc2)C=C1. The summed E-state index contributed by atoms with van der Waals surface area (Å²) in [5, 5.41) is 6.93. The van der Waals surface area contributed by atoms with Gasteiger partial charge in [-0.1, -0.05) is 78.9 Å². The quantitative estimate of drug-likeness (QED) is 0.499. The number of hydrogen-bond acceptors (Lipinski definition) is 2. The Morgan fingerprint density at radius 3 is 2.38 bits per heavy atom. The van der Waals surface area contributed by atoms with Crippen molar-refractivity contribution in [1.29, 1.82) is 0 Å². The average Bonchev–Trinajstić information content (AvgIpc) is 3.17. The maximum absolute atomic E-state index is 4.47. The van der Waals surface area contributed by atoms with Gasteiger partial charge in [-0.05, 0) is 28.5 Å². The summed E-state index contributed by atoms with van der Waals surface area (Å²) in [6.07, 6.45) is 10.6. The number of rotatable bonds is 4. The second kappa shape index (κ2) is 6.55. The van der Waals surface area contributed by atoms with E-state index < -0.39 is 0 Å². The predicted octanol–water partition coefficient (Wildman–Crippen LogP) is 5.50. The predicted molar refractivity (Wildman–Crippen MR) is 103 cm³/mol. The zero-order valence-electron chi connectivity index (χ0n) is 13.3. The van der Waals surface area contributed by atoms with E-state index in [1.807, 2.05) is 36.5 Å². The summed E-state index contributed by atoms with van der Waals surface area (Å²) < 4.78 is 0. The van der Waals surface area contributed by atoms with Crippen molar-refractivity contribution in [2.75, 3.05) is 5.43 Å². The molecule has 3 aromatic rings. The van der Waals surface area contributed by atoms with Crippen LogP contribution in [-0.4, -0.2) is 6.21 Å². The third-order valence-corrected chi connectivity index (χ3v) is 4.27. The highest BCUT2D eigenvalue weighted by Crippen LogP contribution is 2.30. The molecule has 4 rings (SSSR count). The summed E-state index contributed by atoms with van der Waals surface area (Å²) in [6, 6.07) is 22.8. The van der Waals surface area contributed by atoms with Gasteiger partial charge in [-0.15, -0.1) is 0 Å². The van der Waals surface area contributed by atoms with Crippen LogP contribution in [0.5, 0.6) is 0 Å². The van der Waals surface area contributed by atoms with E-state index >= 15 is 0 Å². The molecule has 1 aliphatic carbocycles. The first kappa shape index (κ1) is 14.5. The fourth-order valence-corrected chi connectivity index (χ4v) is 3.07. The minimum atomic E-state index is 0.313. The van der Waals surface area contributed by atoms with E-state index in [1.54, 1.807) is 0 Å². The maximum Gasteiger partial charge on any atom is 0.0561 e. The molecular formula is C22H18N2. The summed E-state index contributed by atoms with van der Waals surface area (Å²) in [4.78, 5) is 0. The summed E-state index contributed by atoms with van der Waals surface area (Å²) >= 11 is 0. The van der Waals surface area contributed by atoms with Crippen molar-refractivity contribution < 1.29 is 0 Å². The summed E-state index contributed by atoms with van der Waals surface area (Å²) in [5.74, 6) is 0.313. The Morgan fingerprint density at radius 1 is 0.792 bits per heavy atom. The zero-order valence-corrected chi connectivity index (χ0v) is 13.3. The molecule has 0 saturated heterocycles. The molecule has 24 heavy (non-hydrogen) atoms. The molecular weight excluding hydrogens is 292 g/mol. The number of hydrogen-bond donors (Lipinski definition) is 1.